The lowest BCUT2D eigenvalue weighted by molar-refractivity contribution is 0.246. The van der Waals surface area contributed by atoms with E-state index in [1.54, 1.807) is 12.7 Å². The van der Waals surface area contributed by atoms with Crippen molar-refractivity contribution in [3.8, 4) is 0 Å². The lowest BCUT2D eigenvalue weighted by Gasteiger charge is -1.97. The van der Waals surface area contributed by atoms with Gasteiger partial charge in [0.1, 0.15) is 0 Å². The molecule has 1 aliphatic heterocycles. The summed E-state index contributed by atoms with van der Waals surface area (Å²) >= 11 is 1.47. The van der Waals surface area contributed by atoms with E-state index in [-0.39, 0.29) is 0 Å². The molecule has 10 heavy (non-hydrogen) atoms. The first kappa shape index (κ1) is 8.02. The maximum absolute atomic E-state index is 5.05. The average molecular weight is 158 g/mol. The molecule has 1 aliphatic rings. The molecular weight excluding hydrogens is 144 g/mol. The van der Waals surface area contributed by atoms with Crippen LogP contribution in [-0.4, -0.2) is 24.3 Å². The monoisotopic (exact) mass is 158 g/mol. The maximum atomic E-state index is 5.05. The van der Waals surface area contributed by atoms with Crippen LogP contribution in [0.5, 0.6) is 0 Å². The summed E-state index contributed by atoms with van der Waals surface area (Å²) in [6.45, 7) is 2.96. The first-order valence-corrected chi connectivity index (χ1v) is 4.60. The zero-order valence-electron chi connectivity index (χ0n) is 6.55. The van der Waals surface area contributed by atoms with Crippen molar-refractivity contribution >= 4 is 16.2 Å². The van der Waals surface area contributed by atoms with Crippen LogP contribution in [0.1, 0.15) is 13.3 Å². The summed E-state index contributed by atoms with van der Waals surface area (Å²) in [5, 5.41) is 0. The molecule has 1 nitrogen and oxygen atoms in total. The van der Waals surface area contributed by atoms with Crippen LogP contribution in [0.4, 0.5) is 0 Å². The molecule has 0 spiro atoms. The van der Waals surface area contributed by atoms with Gasteiger partial charge in [-0.05, 0) is 18.2 Å². The highest BCUT2D eigenvalue weighted by Gasteiger charge is 2.07. The van der Waals surface area contributed by atoms with Gasteiger partial charge in [0, 0.05) is 12.9 Å². The van der Waals surface area contributed by atoms with Crippen LogP contribution < -0.4 is 0 Å². The minimum absolute atomic E-state index is 0.846. The van der Waals surface area contributed by atoms with Crippen molar-refractivity contribution in [1.82, 2.24) is 0 Å². The fourth-order valence-corrected chi connectivity index (χ4v) is 2.30. The zero-order chi connectivity index (χ0) is 7.40. The summed E-state index contributed by atoms with van der Waals surface area (Å²) in [7, 11) is 1.76. The van der Waals surface area contributed by atoms with E-state index in [0.717, 1.165) is 6.61 Å². The summed E-state index contributed by atoms with van der Waals surface area (Å²) in [6, 6.07) is 0. The largest absolute Gasteiger partial charge is 0.380 e. The second kappa shape index (κ2) is 3.94. The fraction of sp³-hybridized carbons (Fsp3) is 0.625. The Morgan fingerprint density at radius 2 is 2.50 bits per heavy atom. The molecule has 0 saturated carbocycles. The van der Waals surface area contributed by atoms with Gasteiger partial charge in [-0.25, -0.2) is 0 Å². The van der Waals surface area contributed by atoms with Gasteiger partial charge in [0.25, 0.3) is 0 Å². The van der Waals surface area contributed by atoms with Gasteiger partial charge >= 0.3 is 0 Å². The molecule has 0 amide bonds. The van der Waals surface area contributed by atoms with Crippen LogP contribution in [0, 0.1) is 0 Å². The van der Waals surface area contributed by atoms with Crippen molar-refractivity contribution in [2.24, 2.45) is 0 Å². The number of rotatable bonds is 2. The van der Waals surface area contributed by atoms with Gasteiger partial charge in [-0.3, -0.25) is 0 Å². The van der Waals surface area contributed by atoms with E-state index in [1.807, 2.05) is 0 Å². The van der Waals surface area contributed by atoms with Crippen LogP contribution >= 0.6 is 11.4 Å². The van der Waals surface area contributed by atoms with Crippen molar-refractivity contribution in [3.05, 3.63) is 11.6 Å². The summed E-state index contributed by atoms with van der Waals surface area (Å²) < 4.78 is 5.05. The van der Waals surface area contributed by atoms with E-state index in [0.29, 0.717) is 0 Å². The summed E-state index contributed by atoms with van der Waals surface area (Å²) in [5.74, 6) is 1.23. The summed E-state index contributed by atoms with van der Waals surface area (Å²) in [5.41, 5.74) is 1.56. The molecule has 0 aromatic carbocycles. The summed E-state index contributed by atoms with van der Waals surface area (Å²) in [6.07, 6.45) is 3.39. The predicted octanol–water partition coefficient (Wildman–Crippen LogP) is 1.62. The van der Waals surface area contributed by atoms with Crippen molar-refractivity contribution < 1.29 is 4.74 Å². The smallest absolute Gasteiger partial charge is 0.0727 e. The van der Waals surface area contributed by atoms with E-state index in [4.69, 9.17) is 4.74 Å². The van der Waals surface area contributed by atoms with Gasteiger partial charge in [0.05, 0.1) is 6.61 Å². The molecular formula is C8H14OS. The second-order valence-corrected chi connectivity index (χ2v) is 3.70. The van der Waals surface area contributed by atoms with Crippen molar-refractivity contribution in [2.75, 3.05) is 19.5 Å². The number of allylic oxidation sites excluding steroid dienone is 1. The molecule has 0 aliphatic carbocycles. The number of ether oxygens (including phenoxy) is 1. The third-order valence-electron chi connectivity index (χ3n) is 1.66. The number of thiol groups is 1. The van der Waals surface area contributed by atoms with Crippen molar-refractivity contribution in [1.29, 1.82) is 0 Å². The molecule has 0 aromatic rings. The highest BCUT2D eigenvalue weighted by atomic mass is 32.1. The van der Waals surface area contributed by atoms with Crippen LogP contribution in [-0.2, 0) is 4.74 Å². The Bertz CT molecular complexity index is 170. The lowest BCUT2D eigenvalue weighted by atomic mass is 10.2. The van der Waals surface area contributed by atoms with Gasteiger partial charge in [-0.1, -0.05) is 11.6 Å². The predicted molar refractivity (Wildman–Crippen MR) is 49.1 cm³/mol. The Labute approximate surface area is 66.0 Å². The van der Waals surface area contributed by atoms with Gasteiger partial charge < -0.3 is 4.74 Å². The van der Waals surface area contributed by atoms with Gasteiger partial charge in [0.15, 0.2) is 0 Å². The molecule has 58 valence electrons. The van der Waals surface area contributed by atoms with Crippen molar-refractivity contribution in [2.45, 2.75) is 13.3 Å². The number of methoxy groups -OCH3 is 1. The van der Waals surface area contributed by atoms with E-state index in [2.05, 4.69) is 13.0 Å². The molecule has 0 aromatic heterocycles. The molecule has 1 rings (SSSR count). The standard InChI is InChI=1S/C8H14OS/c1-3-7-4-8(5-9-2)10-6-7/h3,10H,4-6H2,1-2H3/b7-3-. The quantitative estimate of drug-likeness (QED) is 0.365. The summed E-state index contributed by atoms with van der Waals surface area (Å²) in [4.78, 5) is 1.52. The van der Waals surface area contributed by atoms with Gasteiger partial charge in [-0.2, -0.15) is 11.4 Å². The SMILES string of the molecule is C/C=C1\C[SH]=C(COC)C1. The first-order valence-electron chi connectivity index (χ1n) is 3.52. The Morgan fingerprint density at radius 1 is 1.70 bits per heavy atom. The normalized spacial score (nSPS) is 22.6. The van der Waals surface area contributed by atoms with Crippen LogP contribution in [0.2, 0.25) is 0 Å². The fourth-order valence-electron chi connectivity index (χ4n) is 1.04. The lowest BCUT2D eigenvalue weighted by Crippen LogP contribution is -2.01. The van der Waals surface area contributed by atoms with Crippen LogP contribution in [0.25, 0.3) is 0 Å². The molecule has 0 atom stereocenters. The highest BCUT2D eigenvalue weighted by molar-refractivity contribution is 7.99. The van der Waals surface area contributed by atoms with E-state index in [9.17, 15) is 0 Å². The molecule has 0 bridgehead atoms. The Morgan fingerprint density at radius 3 is 3.00 bits per heavy atom. The zero-order valence-corrected chi connectivity index (χ0v) is 7.45. The molecule has 0 fully saturated rings. The van der Waals surface area contributed by atoms with E-state index in [1.165, 1.54) is 28.4 Å². The third kappa shape index (κ3) is 1.96. The molecule has 0 saturated heterocycles. The minimum atomic E-state index is 0.846. The van der Waals surface area contributed by atoms with Crippen LogP contribution in [0.3, 0.4) is 0 Å². The Kier molecular flexibility index (Phi) is 3.16. The molecule has 0 radical (unpaired) electrons. The van der Waals surface area contributed by atoms with Crippen molar-refractivity contribution in [3.63, 3.8) is 0 Å². The van der Waals surface area contributed by atoms with Crippen LogP contribution in [0.15, 0.2) is 11.6 Å². The average Bonchev–Trinajstić information content (AvgIpc) is 2.37. The molecule has 1 heterocycles. The third-order valence-corrected chi connectivity index (χ3v) is 2.95. The number of hydrogen-bond acceptors (Lipinski definition) is 1. The van der Waals surface area contributed by atoms with E-state index < -0.39 is 0 Å². The first-order chi connectivity index (χ1) is 4.86. The minimum Gasteiger partial charge on any atom is -0.380 e. The van der Waals surface area contributed by atoms with Gasteiger partial charge in [-0.15, -0.1) is 0 Å². The second-order valence-electron chi connectivity index (χ2n) is 2.44. The number of hydrogen-bond donors (Lipinski definition) is 1. The Hall–Kier alpha value is -0.0800. The maximum Gasteiger partial charge on any atom is 0.0727 e. The van der Waals surface area contributed by atoms with E-state index >= 15 is 0 Å². The topological polar surface area (TPSA) is 9.23 Å². The Balaban J connectivity index is 2.39. The molecule has 0 N–H and O–H groups in total. The molecule has 0 unspecified atom stereocenters. The van der Waals surface area contributed by atoms with Gasteiger partial charge in [0.2, 0.25) is 0 Å². The highest BCUT2D eigenvalue weighted by Crippen LogP contribution is 2.18. The molecule has 2 heteroatoms.